The lowest BCUT2D eigenvalue weighted by molar-refractivity contribution is -0.138. The van der Waals surface area contributed by atoms with E-state index in [4.69, 9.17) is 10.8 Å². The van der Waals surface area contributed by atoms with Gasteiger partial charge >= 0.3 is 5.97 Å². The van der Waals surface area contributed by atoms with Crippen LogP contribution in [-0.4, -0.2) is 17.1 Å². The second-order valence-electron chi connectivity index (χ2n) is 4.23. The van der Waals surface area contributed by atoms with Gasteiger partial charge < -0.3 is 10.8 Å². The van der Waals surface area contributed by atoms with Crippen LogP contribution in [0, 0.1) is 0 Å². The summed E-state index contributed by atoms with van der Waals surface area (Å²) in [6.45, 7) is 3.86. The van der Waals surface area contributed by atoms with Crippen molar-refractivity contribution in [3.05, 3.63) is 35.9 Å². The fourth-order valence-electron chi connectivity index (χ4n) is 2.22. The van der Waals surface area contributed by atoms with Gasteiger partial charge in [-0.3, -0.25) is 4.79 Å². The molecule has 0 aliphatic heterocycles. The number of carbonyl (C=O) groups is 1. The zero-order valence-corrected chi connectivity index (χ0v) is 9.81. The summed E-state index contributed by atoms with van der Waals surface area (Å²) < 4.78 is 0. The van der Waals surface area contributed by atoms with E-state index in [0.29, 0.717) is 0 Å². The third kappa shape index (κ3) is 2.42. The first kappa shape index (κ1) is 12.7. The molecule has 3 heteroatoms. The molecule has 0 amide bonds. The lowest BCUT2D eigenvalue weighted by atomic mass is 9.70. The average molecular weight is 221 g/mol. The smallest absolute Gasteiger partial charge is 0.304 e. The third-order valence-corrected chi connectivity index (χ3v) is 3.32. The minimum absolute atomic E-state index is 0.0746. The van der Waals surface area contributed by atoms with Gasteiger partial charge in [0, 0.05) is 11.5 Å². The summed E-state index contributed by atoms with van der Waals surface area (Å²) in [5, 5.41) is 9.03. The predicted molar refractivity (Wildman–Crippen MR) is 64.3 cm³/mol. The summed E-state index contributed by atoms with van der Waals surface area (Å²) in [4.78, 5) is 11.0. The number of carboxylic acids is 1. The lowest BCUT2D eigenvalue weighted by Gasteiger charge is -2.35. The maximum atomic E-state index is 11.0. The van der Waals surface area contributed by atoms with E-state index in [2.05, 4.69) is 0 Å². The minimum atomic E-state index is -0.803. The Labute approximate surface area is 96.3 Å². The van der Waals surface area contributed by atoms with Crippen molar-refractivity contribution in [2.75, 3.05) is 0 Å². The highest BCUT2D eigenvalue weighted by Gasteiger charge is 2.36. The summed E-state index contributed by atoms with van der Waals surface area (Å²) in [5.41, 5.74) is 6.54. The topological polar surface area (TPSA) is 63.3 Å². The van der Waals surface area contributed by atoms with Crippen LogP contribution in [0.1, 0.15) is 32.3 Å². The molecule has 0 aliphatic rings. The minimum Gasteiger partial charge on any atom is -0.481 e. The number of hydrogen-bond donors (Lipinski definition) is 2. The average Bonchev–Trinajstić information content (AvgIpc) is 2.26. The Hall–Kier alpha value is -1.35. The third-order valence-electron chi connectivity index (χ3n) is 3.32. The predicted octanol–water partition coefficient (Wildman–Crippen LogP) is 2.16. The van der Waals surface area contributed by atoms with Crippen LogP contribution >= 0.6 is 0 Å². The van der Waals surface area contributed by atoms with Crippen molar-refractivity contribution < 1.29 is 9.90 Å². The molecule has 16 heavy (non-hydrogen) atoms. The Kier molecular flexibility index (Phi) is 4.07. The van der Waals surface area contributed by atoms with Crippen LogP contribution in [0.5, 0.6) is 0 Å². The van der Waals surface area contributed by atoms with Crippen molar-refractivity contribution in [2.24, 2.45) is 5.73 Å². The Morgan fingerprint density at radius 1 is 1.44 bits per heavy atom. The zero-order chi connectivity index (χ0) is 12.2. The zero-order valence-electron chi connectivity index (χ0n) is 9.81. The first-order valence-electron chi connectivity index (χ1n) is 5.56. The van der Waals surface area contributed by atoms with Gasteiger partial charge in [0.25, 0.3) is 0 Å². The van der Waals surface area contributed by atoms with E-state index in [0.717, 1.165) is 12.0 Å². The first-order valence-corrected chi connectivity index (χ1v) is 5.56. The molecular weight excluding hydrogens is 202 g/mol. The normalized spacial score (nSPS) is 16.4. The van der Waals surface area contributed by atoms with Crippen molar-refractivity contribution in [3.63, 3.8) is 0 Å². The molecule has 0 bridgehead atoms. The van der Waals surface area contributed by atoms with Gasteiger partial charge in [0.2, 0.25) is 0 Å². The Morgan fingerprint density at radius 3 is 2.38 bits per heavy atom. The first-order chi connectivity index (χ1) is 7.53. The number of aliphatic carboxylic acids is 1. The van der Waals surface area contributed by atoms with Gasteiger partial charge in [-0.25, -0.2) is 0 Å². The van der Waals surface area contributed by atoms with E-state index in [1.54, 1.807) is 0 Å². The summed E-state index contributed by atoms with van der Waals surface area (Å²) in [6.07, 6.45) is 0.798. The second kappa shape index (κ2) is 5.12. The molecule has 2 unspecified atom stereocenters. The van der Waals surface area contributed by atoms with Crippen molar-refractivity contribution in [3.8, 4) is 0 Å². The van der Waals surface area contributed by atoms with E-state index in [1.807, 2.05) is 44.2 Å². The quantitative estimate of drug-likeness (QED) is 0.800. The van der Waals surface area contributed by atoms with Crippen molar-refractivity contribution in [2.45, 2.75) is 38.1 Å². The molecule has 1 aromatic rings. The van der Waals surface area contributed by atoms with Crippen LogP contribution in [-0.2, 0) is 10.2 Å². The van der Waals surface area contributed by atoms with E-state index >= 15 is 0 Å². The number of benzene rings is 1. The number of carboxylic acid groups (broad SMARTS) is 1. The number of hydrogen-bond acceptors (Lipinski definition) is 2. The fraction of sp³-hybridized carbons (Fsp3) is 0.462. The maximum absolute atomic E-state index is 11.0. The highest BCUT2D eigenvalue weighted by molar-refractivity contribution is 5.69. The van der Waals surface area contributed by atoms with Gasteiger partial charge in [0.15, 0.2) is 0 Å². The molecule has 3 nitrogen and oxygen atoms in total. The summed E-state index contributed by atoms with van der Waals surface area (Å²) in [7, 11) is 0. The van der Waals surface area contributed by atoms with Gasteiger partial charge in [-0.05, 0) is 18.9 Å². The maximum Gasteiger partial charge on any atom is 0.304 e. The Balaban J connectivity index is 3.17. The molecule has 0 radical (unpaired) electrons. The molecule has 0 aromatic heterocycles. The molecule has 3 N–H and O–H groups in total. The highest BCUT2D eigenvalue weighted by atomic mass is 16.4. The van der Waals surface area contributed by atoms with Crippen LogP contribution < -0.4 is 5.73 Å². The fourth-order valence-corrected chi connectivity index (χ4v) is 2.22. The summed E-state index contributed by atoms with van der Waals surface area (Å²) in [5.74, 6) is -0.803. The van der Waals surface area contributed by atoms with E-state index in [1.165, 1.54) is 0 Å². The standard InChI is InChI=1S/C13H19NO2/c1-3-13(10(2)14,9-12(15)16)11-7-5-4-6-8-11/h4-8,10H,3,9,14H2,1-2H3,(H,15,16). The van der Waals surface area contributed by atoms with Crippen LogP contribution in [0.3, 0.4) is 0 Å². The summed E-state index contributed by atoms with van der Waals surface area (Å²) in [6, 6.07) is 9.49. The molecule has 2 atom stereocenters. The molecule has 0 aliphatic carbocycles. The molecule has 0 heterocycles. The van der Waals surface area contributed by atoms with Crippen molar-refractivity contribution in [1.29, 1.82) is 0 Å². The summed E-state index contributed by atoms with van der Waals surface area (Å²) >= 11 is 0. The van der Waals surface area contributed by atoms with Gasteiger partial charge in [-0.1, -0.05) is 37.3 Å². The molecule has 1 aromatic carbocycles. The Bertz CT molecular complexity index is 348. The Morgan fingerprint density at radius 2 is 2.00 bits per heavy atom. The van der Waals surface area contributed by atoms with Crippen LogP contribution in [0.25, 0.3) is 0 Å². The van der Waals surface area contributed by atoms with E-state index in [9.17, 15) is 4.79 Å². The molecule has 0 saturated carbocycles. The highest BCUT2D eigenvalue weighted by Crippen LogP contribution is 2.34. The molecule has 0 saturated heterocycles. The van der Waals surface area contributed by atoms with Gasteiger partial charge in [-0.15, -0.1) is 0 Å². The number of nitrogens with two attached hydrogens (primary N) is 1. The van der Waals surface area contributed by atoms with Crippen LogP contribution in [0.4, 0.5) is 0 Å². The monoisotopic (exact) mass is 221 g/mol. The van der Waals surface area contributed by atoms with Gasteiger partial charge in [0.05, 0.1) is 6.42 Å². The molecular formula is C13H19NO2. The van der Waals surface area contributed by atoms with E-state index in [-0.39, 0.29) is 12.5 Å². The SMILES string of the molecule is CCC(CC(=O)O)(c1ccccc1)C(C)N. The molecule has 1 rings (SSSR count). The number of rotatable bonds is 5. The molecule has 88 valence electrons. The second-order valence-corrected chi connectivity index (χ2v) is 4.23. The molecule has 0 fully saturated rings. The van der Waals surface area contributed by atoms with Crippen molar-refractivity contribution in [1.82, 2.24) is 0 Å². The van der Waals surface area contributed by atoms with Gasteiger partial charge in [-0.2, -0.15) is 0 Å². The van der Waals surface area contributed by atoms with Gasteiger partial charge in [0.1, 0.15) is 0 Å². The lowest BCUT2D eigenvalue weighted by Crippen LogP contribution is -2.44. The van der Waals surface area contributed by atoms with Crippen molar-refractivity contribution >= 4 is 5.97 Å². The molecule has 0 spiro atoms. The van der Waals surface area contributed by atoms with Crippen LogP contribution in [0.15, 0.2) is 30.3 Å². The van der Waals surface area contributed by atoms with Crippen LogP contribution in [0.2, 0.25) is 0 Å². The van der Waals surface area contributed by atoms with E-state index < -0.39 is 11.4 Å². The largest absolute Gasteiger partial charge is 0.481 e.